The first-order chi connectivity index (χ1) is 16.5. The summed E-state index contributed by atoms with van der Waals surface area (Å²) in [7, 11) is 0. The average Bonchev–Trinajstić information content (AvgIpc) is 3.31. The van der Waals surface area contributed by atoms with Gasteiger partial charge >= 0.3 is 6.18 Å². The predicted molar refractivity (Wildman–Crippen MR) is 127 cm³/mol. The minimum Gasteiger partial charge on any atom is -0.478 e. The monoisotopic (exact) mass is 493 g/mol. The number of anilines is 1. The molecule has 1 atom stereocenters. The first-order valence-electron chi connectivity index (χ1n) is 11.0. The first-order valence-corrected chi connectivity index (χ1v) is 11.0. The number of aryl methyl sites for hydroxylation is 1. The van der Waals surface area contributed by atoms with Crippen molar-refractivity contribution < 1.29 is 27.5 Å². The van der Waals surface area contributed by atoms with Crippen molar-refractivity contribution in [3.05, 3.63) is 59.8 Å². The van der Waals surface area contributed by atoms with E-state index in [9.17, 15) is 22.8 Å². The Morgan fingerprint density at radius 3 is 2.40 bits per heavy atom. The molecule has 0 saturated heterocycles. The van der Waals surface area contributed by atoms with Crippen LogP contribution in [0, 0.1) is 12.3 Å². The minimum absolute atomic E-state index is 0.0447. The largest absolute Gasteiger partial charge is 0.478 e. The minimum atomic E-state index is -4.80. The number of amides is 2. The summed E-state index contributed by atoms with van der Waals surface area (Å²) in [6, 6.07) is 10.7. The Bertz CT molecular complexity index is 1030. The molecule has 0 bridgehead atoms. The van der Waals surface area contributed by atoms with Gasteiger partial charge in [-0.3, -0.25) is 15.0 Å². The van der Waals surface area contributed by atoms with Gasteiger partial charge in [0, 0.05) is 12.7 Å². The highest BCUT2D eigenvalue weighted by atomic mass is 19.4. The quantitative estimate of drug-likeness (QED) is 0.174. The number of benzene rings is 1. The molecule has 11 heteroatoms. The molecule has 2 rings (SSSR count). The fourth-order valence-corrected chi connectivity index (χ4v) is 3.21. The molecule has 0 aliphatic rings. The number of ether oxygens (including phenoxy) is 1. The van der Waals surface area contributed by atoms with Crippen LogP contribution in [0.3, 0.4) is 0 Å². The van der Waals surface area contributed by atoms with E-state index >= 15 is 0 Å². The van der Waals surface area contributed by atoms with Gasteiger partial charge in [-0.1, -0.05) is 23.8 Å². The fourth-order valence-electron chi connectivity index (χ4n) is 3.21. The number of alkyl halides is 3. The smallest absolute Gasteiger partial charge is 0.418 e. The maximum atomic E-state index is 13.0. The fraction of sp³-hybridized carbons (Fsp3) is 0.375. The van der Waals surface area contributed by atoms with Crippen LogP contribution in [-0.4, -0.2) is 47.5 Å². The number of rotatable bonds is 12. The van der Waals surface area contributed by atoms with Gasteiger partial charge in [0.1, 0.15) is 17.3 Å². The van der Waals surface area contributed by atoms with Crippen molar-refractivity contribution in [2.24, 2.45) is 0 Å². The summed E-state index contributed by atoms with van der Waals surface area (Å²) in [5, 5.41) is 15.6. The lowest BCUT2D eigenvalue weighted by Crippen LogP contribution is -2.50. The molecule has 1 aromatic carbocycles. The molecule has 5 N–H and O–H groups in total. The lowest BCUT2D eigenvalue weighted by molar-refractivity contribution is -0.136. The molecular weight excluding hydrogens is 463 g/mol. The summed E-state index contributed by atoms with van der Waals surface area (Å²) in [5.41, 5.74) is -2.78. The maximum Gasteiger partial charge on any atom is 0.418 e. The van der Waals surface area contributed by atoms with E-state index in [0.717, 1.165) is 18.3 Å². The van der Waals surface area contributed by atoms with E-state index in [-0.39, 0.29) is 26.1 Å². The second-order valence-corrected chi connectivity index (χ2v) is 8.02. The molecule has 0 aliphatic heterocycles. The first kappa shape index (κ1) is 27.5. The van der Waals surface area contributed by atoms with Gasteiger partial charge in [0.2, 0.25) is 0 Å². The molecule has 0 aliphatic carbocycles. The van der Waals surface area contributed by atoms with E-state index in [2.05, 4.69) is 20.9 Å². The molecule has 1 unspecified atom stereocenters. The normalized spacial score (nSPS) is 13.5. The molecule has 0 saturated carbocycles. The third-order valence-corrected chi connectivity index (χ3v) is 5.18. The van der Waals surface area contributed by atoms with Crippen LogP contribution >= 0.6 is 0 Å². The van der Waals surface area contributed by atoms with Gasteiger partial charge in [-0.05, 0) is 57.9 Å². The Labute approximate surface area is 201 Å². The Balaban J connectivity index is 1.99. The average molecular weight is 494 g/mol. The van der Waals surface area contributed by atoms with Crippen LogP contribution in [-0.2, 0) is 9.59 Å². The number of hydrogen-bond donors (Lipinski definition) is 5. The molecule has 1 aromatic heterocycles. The maximum absolute atomic E-state index is 13.0. The molecule has 190 valence electrons. The van der Waals surface area contributed by atoms with Gasteiger partial charge in [-0.25, -0.2) is 0 Å². The van der Waals surface area contributed by atoms with Gasteiger partial charge in [0.05, 0.1) is 12.2 Å². The summed E-state index contributed by atoms with van der Waals surface area (Å²) in [5.74, 6) is -0.365. The molecule has 0 radical (unpaired) electrons. The van der Waals surface area contributed by atoms with Crippen LogP contribution in [0.4, 0.5) is 19.0 Å². The topological polar surface area (TPSA) is 119 Å². The van der Waals surface area contributed by atoms with Gasteiger partial charge in [0.15, 0.2) is 5.60 Å². The SMILES string of the molecule is C/C=C(\C(=N)C(=O)NCCCC(C)(Oc1ccc(C)cc1)C(=O)NCNc1ccc[nH]1)C(F)(F)F. The highest BCUT2D eigenvalue weighted by molar-refractivity contribution is 6.44. The summed E-state index contributed by atoms with van der Waals surface area (Å²) in [6.07, 6.45) is -2.01. The third kappa shape index (κ3) is 8.20. The number of H-pyrrole nitrogens is 1. The molecule has 2 aromatic rings. The van der Waals surface area contributed by atoms with Gasteiger partial charge in [-0.15, -0.1) is 0 Å². The van der Waals surface area contributed by atoms with Crippen LogP contribution in [0.1, 0.15) is 32.3 Å². The van der Waals surface area contributed by atoms with Crippen LogP contribution in [0.25, 0.3) is 0 Å². The van der Waals surface area contributed by atoms with Crippen LogP contribution in [0.15, 0.2) is 54.2 Å². The number of hydrogen-bond acceptors (Lipinski definition) is 5. The number of carbonyl (C=O) groups is 2. The van der Waals surface area contributed by atoms with E-state index in [1.807, 2.05) is 19.1 Å². The van der Waals surface area contributed by atoms with E-state index in [1.54, 1.807) is 37.4 Å². The highest BCUT2D eigenvalue weighted by Gasteiger charge is 2.38. The van der Waals surface area contributed by atoms with E-state index in [0.29, 0.717) is 11.8 Å². The molecule has 0 spiro atoms. The van der Waals surface area contributed by atoms with Gasteiger partial charge in [0.25, 0.3) is 11.8 Å². The summed E-state index contributed by atoms with van der Waals surface area (Å²) in [4.78, 5) is 28.0. The number of nitrogens with one attached hydrogen (secondary N) is 5. The number of allylic oxidation sites excluding steroid dienone is 1. The summed E-state index contributed by atoms with van der Waals surface area (Å²) >= 11 is 0. The Hall–Kier alpha value is -3.76. The van der Waals surface area contributed by atoms with E-state index < -0.39 is 34.9 Å². The Morgan fingerprint density at radius 1 is 1.14 bits per heavy atom. The van der Waals surface area contributed by atoms with Crippen molar-refractivity contribution >= 4 is 23.3 Å². The number of aromatic amines is 1. The standard InChI is InChI=1S/C24H30F3N5O3/c1-4-18(24(25,26)27)20(28)21(33)30-14-6-12-23(3,35-17-10-8-16(2)9-11-17)22(34)32-15-31-19-7-5-13-29-19/h4-5,7-11,13,28-29,31H,6,12,14-15H2,1-3H3,(H,30,33)(H,32,34)/b18-4+,28-20?. The zero-order valence-electron chi connectivity index (χ0n) is 19.8. The van der Waals surface area contributed by atoms with Crippen molar-refractivity contribution in [1.82, 2.24) is 15.6 Å². The molecule has 1 heterocycles. The van der Waals surface area contributed by atoms with Crippen molar-refractivity contribution in [2.45, 2.75) is 45.4 Å². The number of aromatic nitrogens is 1. The van der Waals surface area contributed by atoms with Crippen molar-refractivity contribution in [3.63, 3.8) is 0 Å². The highest BCUT2D eigenvalue weighted by Crippen LogP contribution is 2.26. The molecule has 8 nitrogen and oxygen atoms in total. The Kier molecular flexibility index (Phi) is 9.50. The van der Waals surface area contributed by atoms with Crippen LogP contribution in [0.5, 0.6) is 5.75 Å². The molecular formula is C24H30F3N5O3. The second-order valence-electron chi connectivity index (χ2n) is 8.02. The summed E-state index contributed by atoms with van der Waals surface area (Å²) < 4.78 is 44.8. The predicted octanol–water partition coefficient (Wildman–Crippen LogP) is 4.07. The van der Waals surface area contributed by atoms with Crippen molar-refractivity contribution in [3.8, 4) is 5.75 Å². The zero-order valence-corrected chi connectivity index (χ0v) is 19.8. The Morgan fingerprint density at radius 2 is 1.83 bits per heavy atom. The summed E-state index contributed by atoms with van der Waals surface area (Å²) in [6.45, 7) is 4.71. The number of carbonyl (C=O) groups excluding carboxylic acids is 2. The van der Waals surface area contributed by atoms with E-state index in [4.69, 9.17) is 10.1 Å². The number of halogens is 3. The van der Waals surface area contributed by atoms with Crippen LogP contribution < -0.4 is 20.7 Å². The second kappa shape index (κ2) is 12.1. The lowest BCUT2D eigenvalue weighted by atomic mass is 9.98. The van der Waals surface area contributed by atoms with Gasteiger partial charge in [-0.2, -0.15) is 13.2 Å². The molecule has 0 fully saturated rings. The van der Waals surface area contributed by atoms with Crippen molar-refractivity contribution in [1.29, 1.82) is 5.41 Å². The van der Waals surface area contributed by atoms with E-state index in [1.165, 1.54) is 0 Å². The molecule has 35 heavy (non-hydrogen) atoms. The molecule has 2 amide bonds. The lowest BCUT2D eigenvalue weighted by Gasteiger charge is -2.30. The van der Waals surface area contributed by atoms with Crippen LogP contribution in [0.2, 0.25) is 0 Å². The zero-order chi connectivity index (χ0) is 26.1. The third-order valence-electron chi connectivity index (χ3n) is 5.18. The van der Waals surface area contributed by atoms with Crippen molar-refractivity contribution in [2.75, 3.05) is 18.5 Å². The van der Waals surface area contributed by atoms with Gasteiger partial charge < -0.3 is 25.7 Å².